The monoisotopic (exact) mass is 350 g/mol. The normalized spacial score (nSPS) is 11.5. The summed E-state index contributed by atoms with van der Waals surface area (Å²) in [5.41, 5.74) is 1.10. The molecule has 0 amide bonds. The lowest BCUT2D eigenvalue weighted by molar-refractivity contribution is 0.341. The van der Waals surface area contributed by atoms with Gasteiger partial charge in [0, 0.05) is 5.41 Å². The molecule has 0 aliphatic heterocycles. The first-order valence-corrected chi connectivity index (χ1v) is 7.66. The molecule has 0 atom stereocenters. The number of benzene rings is 1. The third-order valence-corrected chi connectivity index (χ3v) is 3.75. The Kier molecular flexibility index (Phi) is 4.52. The van der Waals surface area contributed by atoms with Gasteiger partial charge < -0.3 is 9.72 Å². The first-order valence-electron chi connectivity index (χ1n) is 6.87. The first-order chi connectivity index (χ1) is 9.84. The minimum Gasteiger partial charge on any atom is -0.493 e. The molecule has 0 radical (unpaired) electrons. The van der Waals surface area contributed by atoms with Crippen molar-refractivity contribution in [1.29, 1.82) is 0 Å². The topological polar surface area (TPSA) is 55.0 Å². The van der Waals surface area contributed by atoms with E-state index in [1.165, 1.54) is 0 Å². The van der Waals surface area contributed by atoms with E-state index in [9.17, 15) is 4.79 Å². The molecule has 0 saturated heterocycles. The van der Waals surface area contributed by atoms with Crippen LogP contribution in [-0.4, -0.2) is 16.6 Å². The Morgan fingerprint density at radius 1 is 1.29 bits per heavy atom. The quantitative estimate of drug-likeness (QED) is 0.913. The molecule has 0 fully saturated rings. The lowest BCUT2D eigenvalue weighted by Crippen LogP contribution is -2.22. The maximum Gasteiger partial charge on any atom is 0.265 e. The smallest absolute Gasteiger partial charge is 0.265 e. The van der Waals surface area contributed by atoms with Gasteiger partial charge in [-0.1, -0.05) is 32.9 Å². The SMILES string of the molecule is CCOc1ccccc1-c1nc(C(C)(C)C)c(Br)c(=O)[nH]1. The third-order valence-electron chi connectivity index (χ3n) is 3.02. The molecule has 0 spiro atoms. The molecule has 2 rings (SSSR count). The maximum absolute atomic E-state index is 12.2. The van der Waals surface area contributed by atoms with Crippen LogP contribution in [0.25, 0.3) is 11.4 Å². The Bertz CT molecular complexity index is 702. The Hall–Kier alpha value is -1.62. The molecule has 112 valence electrons. The summed E-state index contributed by atoms with van der Waals surface area (Å²) in [5.74, 6) is 1.24. The van der Waals surface area contributed by atoms with Crippen molar-refractivity contribution < 1.29 is 4.74 Å². The molecule has 5 heteroatoms. The summed E-state index contributed by atoms with van der Waals surface area (Å²) in [6.45, 7) is 8.56. The zero-order valence-corrected chi connectivity index (χ0v) is 14.2. The van der Waals surface area contributed by atoms with Crippen LogP contribution in [0.2, 0.25) is 0 Å². The van der Waals surface area contributed by atoms with Crippen LogP contribution in [0, 0.1) is 0 Å². The average Bonchev–Trinajstić information content (AvgIpc) is 2.41. The van der Waals surface area contributed by atoms with Gasteiger partial charge in [0.2, 0.25) is 0 Å². The largest absolute Gasteiger partial charge is 0.493 e. The molecular formula is C16H19BrN2O2. The highest BCUT2D eigenvalue weighted by Crippen LogP contribution is 2.30. The van der Waals surface area contributed by atoms with E-state index < -0.39 is 0 Å². The van der Waals surface area contributed by atoms with Gasteiger partial charge in [-0.05, 0) is 35.0 Å². The van der Waals surface area contributed by atoms with E-state index in [0.29, 0.717) is 22.7 Å². The van der Waals surface area contributed by atoms with Crippen LogP contribution in [0.5, 0.6) is 5.75 Å². The fourth-order valence-electron chi connectivity index (χ4n) is 2.03. The number of hydrogen-bond donors (Lipinski definition) is 1. The number of nitrogens with zero attached hydrogens (tertiary/aromatic N) is 1. The van der Waals surface area contributed by atoms with Gasteiger partial charge in [0.15, 0.2) is 0 Å². The molecule has 1 N–H and O–H groups in total. The molecule has 1 aromatic heterocycles. The summed E-state index contributed by atoms with van der Waals surface area (Å²) >= 11 is 3.33. The van der Waals surface area contributed by atoms with Crippen LogP contribution in [0.3, 0.4) is 0 Å². The third kappa shape index (κ3) is 3.35. The highest BCUT2D eigenvalue weighted by Gasteiger charge is 2.23. The van der Waals surface area contributed by atoms with Crippen molar-refractivity contribution in [3.63, 3.8) is 0 Å². The molecule has 2 aromatic rings. The van der Waals surface area contributed by atoms with Crippen LogP contribution in [0.15, 0.2) is 33.5 Å². The number of halogens is 1. The Balaban J connectivity index is 2.66. The van der Waals surface area contributed by atoms with Crippen molar-refractivity contribution in [2.45, 2.75) is 33.1 Å². The molecule has 0 unspecified atom stereocenters. The zero-order chi connectivity index (χ0) is 15.6. The van der Waals surface area contributed by atoms with Gasteiger partial charge in [-0.25, -0.2) is 4.98 Å². The van der Waals surface area contributed by atoms with Crippen molar-refractivity contribution >= 4 is 15.9 Å². The molecule has 0 aliphatic rings. The van der Waals surface area contributed by atoms with Gasteiger partial charge in [-0.15, -0.1) is 0 Å². The fourth-order valence-corrected chi connectivity index (χ4v) is 2.81. The van der Waals surface area contributed by atoms with Gasteiger partial charge >= 0.3 is 0 Å². The molecule has 1 aromatic carbocycles. The number of ether oxygens (including phenoxy) is 1. The van der Waals surface area contributed by atoms with Gasteiger partial charge in [-0.2, -0.15) is 0 Å². The fraction of sp³-hybridized carbons (Fsp3) is 0.375. The molecule has 0 saturated carbocycles. The molecule has 0 aliphatic carbocycles. The molecule has 21 heavy (non-hydrogen) atoms. The predicted molar refractivity (Wildman–Crippen MR) is 87.9 cm³/mol. The van der Waals surface area contributed by atoms with Crippen LogP contribution < -0.4 is 10.3 Å². The summed E-state index contributed by atoms with van der Waals surface area (Å²) in [6.07, 6.45) is 0. The van der Waals surface area contributed by atoms with Crippen LogP contribution >= 0.6 is 15.9 Å². The van der Waals surface area contributed by atoms with Crippen molar-refractivity contribution in [3.05, 3.63) is 44.8 Å². The summed E-state index contributed by atoms with van der Waals surface area (Å²) in [5, 5.41) is 0. The first kappa shape index (κ1) is 15.8. The summed E-state index contributed by atoms with van der Waals surface area (Å²) < 4.78 is 6.09. The predicted octanol–water partition coefficient (Wildman–Crippen LogP) is 3.90. The molecule has 1 heterocycles. The number of rotatable bonds is 3. The van der Waals surface area contributed by atoms with Gasteiger partial charge in [-0.3, -0.25) is 4.79 Å². The Labute approximate surface area is 132 Å². The summed E-state index contributed by atoms with van der Waals surface area (Å²) in [6, 6.07) is 7.56. The van der Waals surface area contributed by atoms with Crippen molar-refractivity contribution in [2.24, 2.45) is 0 Å². The molecular weight excluding hydrogens is 332 g/mol. The van der Waals surface area contributed by atoms with E-state index >= 15 is 0 Å². The van der Waals surface area contributed by atoms with Crippen molar-refractivity contribution in [3.8, 4) is 17.1 Å². The number of hydrogen-bond acceptors (Lipinski definition) is 3. The van der Waals surface area contributed by atoms with E-state index in [2.05, 4.69) is 25.9 Å². The lowest BCUT2D eigenvalue weighted by Gasteiger charge is -2.20. The minimum atomic E-state index is -0.234. The summed E-state index contributed by atoms with van der Waals surface area (Å²) in [4.78, 5) is 19.6. The number of nitrogens with one attached hydrogen (secondary N) is 1. The number of aromatic amines is 1. The van der Waals surface area contributed by atoms with Gasteiger partial charge in [0.25, 0.3) is 5.56 Å². The van der Waals surface area contributed by atoms with E-state index in [1.807, 2.05) is 52.0 Å². The molecule has 0 bridgehead atoms. The zero-order valence-electron chi connectivity index (χ0n) is 12.7. The number of H-pyrrole nitrogens is 1. The maximum atomic E-state index is 12.2. The van der Waals surface area contributed by atoms with Gasteiger partial charge in [0.05, 0.1) is 17.9 Å². The second-order valence-corrected chi connectivity index (χ2v) is 6.55. The highest BCUT2D eigenvalue weighted by molar-refractivity contribution is 9.10. The second-order valence-electron chi connectivity index (χ2n) is 5.76. The average molecular weight is 351 g/mol. The Morgan fingerprint density at radius 3 is 2.57 bits per heavy atom. The standard InChI is InChI=1S/C16H19BrN2O2/c1-5-21-11-9-7-6-8-10(11)14-18-13(16(2,3)4)12(17)15(20)19-14/h6-9H,5H2,1-4H3,(H,18,19,20). The lowest BCUT2D eigenvalue weighted by atomic mass is 9.92. The van der Waals surface area contributed by atoms with Crippen LogP contribution in [-0.2, 0) is 5.41 Å². The van der Waals surface area contributed by atoms with E-state index in [-0.39, 0.29) is 11.0 Å². The Morgan fingerprint density at radius 2 is 1.95 bits per heavy atom. The van der Waals surface area contributed by atoms with Crippen molar-refractivity contribution in [1.82, 2.24) is 9.97 Å². The van der Waals surface area contributed by atoms with Crippen LogP contribution in [0.4, 0.5) is 0 Å². The van der Waals surface area contributed by atoms with Crippen molar-refractivity contribution in [2.75, 3.05) is 6.61 Å². The van der Waals surface area contributed by atoms with E-state index in [0.717, 1.165) is 11.3 Å². The van der Waals surface area contributed by atoms with Gasteiger partial charge in [0.1, 0.15) is 16.0 Å². The van der Waals surface area contributed by atoms with Crippen LogP contribution in [0.1, 0.15) is 33.4 Å². The second kappa shape index (κ2) is 6.02. The number of para-hydroxylation sites is 1. The molecule has 4 nitrogen and oxygen atoms in total. The number of aromatic nitrogens is 2. The van der Waals surface area contributed by atoms with E-state index in [1.54, 1.807) is 0 Å². The highest BCUT2D eigenvalue weighted by atomic mass is 79.9. The minimum absolute atomic E-state index is 0.184. The summed E-state index contributed by atoms with van der Waals surface area (Å²) in [7, 11) is 0. The van der Waals surface area contributed by atoms with E-state index in [4.69, 9.17) is 4.74 Å².